The van der Waals surface area contributed by atoms with Gasteiger partial charge in [0, 0.05) is 23.2 Å². The molecule has 82 valence electrons. The van der Waals surface area contributed by atoms with Crippen LogP contribution in [0, 0.1) is 6.92 Å². The summed E-state index contributed by atoms with van der Waals surface area (Å²) >= 11 is 5.95. The summed E-state index contributed by atoms with van der Waals surface area (Å²) in [4.78, 5) is 0. The Balaban J connectivity index is 3.36. The van der Waals surface area contributed by atoms with Crippen LogP contribution >= 0.6 is 11.6 Å². The van der Waals surface area contributed by atoms with E-state index >= 15 is 0 Å². The summed E-state index contributed by atoms with van der Waals surface area (Å²) in [5.41, 5.74) is 6.99. The van der Waals surface area contributed by atoms with Gasteiger partial charge in [0.05, 0.1) is 7.11 Å². The van der Waals surface area contributed by atoms with E-state index in [-0.39, 0.29) is 5.75 Å². The van der Waals surface area contributed by atoms with Crippen molar-refractivity contribution in [2.45, 2.75) is 6.92 Å². The van der Waals surface area contributed by atoms with Gasteiger partial charge in [-0.05, 0) is 12.5 Å². The lowest BCUT2D eigenvalue weighted by Gasteiger charge is -2.11. The Hall–Kier alpha value is -1.19. The summed E-state index contributed by atoms with van der Waals surface area (Å²) in [5, 5.41) is 10.1. The molecule has 3 N–H and O–H groups in total. The molecule has 0 unspecified atom stereocenters. The minimum absolute atomic E-state index is 0.0322. The summed E-state index contributed by atoms with van der Waals surface area (Å²) in [5.74, 6) is 0.450. The van der Waals surface area contributed by atoms with Crippen molar-refractivity contribution < 1.29 is 9.84 Å². The zero-order valence-corrected chi connectivity index (χ0v) is 9.51. The Bertz CT molecular complexity index is 389. The predicted octanol–water partition coefficient (Wildman–Crippen LogP) is 2.33. The van der Waals surface area contributed by atoms with Gasteiger partial charge in [-0.1, -0.05) is 23.8 Å². The molecule has 0 atom stereocenters. The van der Waals surface area contributed by atoms with Crippen LogP contribution in [-0.4, -0.2) is 18.8 Å². The largest absolute Gasteiger partial charge is 0.504 e. The van der Waals surface area contributed by atoms with Crippen LogP contribution in [-0.2, 0) is 0 Å². The van der Waals surface area contributed by atoms with Crippen LogP contribution in [0.3, 0.4) is 0 Å². The van der Waals surface area contributed by atoms with Crippen LogP contribution in [0.1, 0.15) is 11.1 Å². The molecular weight excluding hydrogens is 214 g/mol. The number of rotatable bonds is 3. The average Bonchev–Trinajstić information content (AvgIpc) is 2.21. The molecule has 0 amide bonds. The quantitative estimate of drug-likeness (QED) is 0.834. The van der Waals surface area contributed by atoms with Gasteiger partial charge in [0.1, 0.15) is 0 Å². The number of hydrogen-bond donors (Lipinski definition) is 2. The third-order valence-electron chi connectivity index (χ3n) is 2.13. The van der Waals surface area contributed by atoms with E-state index in [0.29, 0.717) is 17.3 Å². The van der Waals surface area contributed by atoms with Crippen LogP contribution in [0.2, 0.25) is 5.02 Å². The van der Waals surface area contributed by atoms with Gasteiger partial charge in [0.2, 0.25) is 0 Å². The minimum Gasteiger partial charge on any atom is -0.504 e. The molecule has 0 aliphatic carbocycles. The van der Waals surface area contributed by atoms with Crippen molar-refractivity contribution in [3.05, 3.63) is 28.3 Å². The average molecular weight is 228 g/mol. The van der Waals surface area contributed by atoms with Gasteiger partial charge < -0.3 is 15.6 Å². The van der Waals surface area contributed by atoms with Crippen molar-refractivity contribution in [3.8, 4) is 11.5 Å². The smallest absolute Gasteiger partial charge is 0.168 e. The molecule has 0 fully saturated rings. The summed E-state index contributed by atoms with van der Waals surface area (Å²) in [6.45, 7) is 2.29. The highest BCUT2D eigenvalue weighted by molar-refractivity contribution is 6.31. The zero-order valence-electron chi connectivity index (χ0n) is 8.75. The van der Waals surface area contributed by atoms with Crippen molar-refractivity contribution in [2.24, 2.45) is 5.73 Å². The molecule has 0 heterocycles. The summed E-state index contributed by atoms with van der Waals surface area (Å²) in [6.07, 6.45) is 3.57. The summed E-state index contributed by atoms with van der Waals surface area (Å²) in [7, 11) is 1.50. The zero-order chi connectivity index (χ0) is 11.4. The van der Waals surface area contributed by atoms with Crippen LogP contribution in [0.4, 0.5) is 0 Å². The van der Waals surface area contributed by atoms with Crippen LogP contribution in [0.15, 0.2) is 12.1 Å². The predicted molar refractivity (Wildman–Crippen MR) is 62.5 cm³/mol. The lowest BCUT2D eigenvalue weighted by molar-refractivity contribution is 0.372. The van der Waals surface area contributed by atoms with E-state index in [1.165, 1.54) is 13.2 Å². The van der Waals surface area contributed by atoms with E-state index in [4.69, 9.17) is 22.1 Å². The molecule has 0 saturated carbocycles. The number of hydrogen-bond acceptors (Lipinski definition) is 3. The molecule has 0 aliphatic heterocycles. The second kappa shape index (κ2) is 5.05. The number of phenolic OH excluding ortho intramolecular Hbond substituents is 1. The number of benzene rings is 1. The molecule has 1 rings (SSSR count). The van der Waals surface area contributed by atoms with E-state index in [2.05, 4.69) is 0 Å². The molecule has 1 aromatic rings. The molecule has 4 heteroatoms. The Morgan fingerprint density at radius 1 is 1.60 bits per heavy atom. The fourth-order valence-corrected chi connectivity index (χ4v) is 1.54. The van der Waals surface area contributed by atoms with Gasteiger partial charge in [-0.3, -0.25) is 0 Å². The standard InChI is InChI=1S/C11H14ClNO2/c1-7-8(4-3-5-13)11(15-2)10(14)6-9(7)12/h3-4,6,14H,5,13H2,1-2H3/b4-3+. The Morgan fingerprint density at radius 2 is 2.27 bits per heavy atom. The maximum Gasteiger partial charge on any atom is 0.168 e. The SMILES string of the molecule is COc1c(O)cc(Cl)c(C)c1/C=C/CN. The van der Waals surface area contributed by atoms with Gasteiger partial charge in [0.15, 0.2) is 11.5 Å². The third kappa shape index (κ3) is 2.43. The normalized spacial score (nSPS) is 10.9. The Morgan fingerprint density at radius 3 is 2.80 bits per heavy atom. The van der Waals surface area contributed by atoms with E-state index in [0.717, 1.165) is 11.1 Å². The van der Waals surface area contributed by atoms with Gasteiger partial charge >= 0.3 is 0 Å². The van der Waals surface area contributed by atoms with Crippen molar-refractivity contribution >= 4 is 17.7 Å². The van der Waals surface area contributed by atoms with Crippen molar-refractivity contribution in [3.63, 3.8) is 0 Å². The van der Waals surface area contributed by atoms with Crippen LogP contribution in [0.25, 0.3) is 6.08 Å². The number of aromatic hydroxyl groups is 1. The van der Waals surface area contributed by atoms with E-state index in [1.54, 1.807) is 12.2 Å². The lowest BCUT2D eigenvalue weighted by Crippen LogP contribution is -1.95. The van der Waals surface area contributed by atoms with E-state index < -0.39 is 0 Å². The number of methoxy groups -OCH3 is 1. The van der Waals surface area contributed by atoms with Crippen molar-refractivity contribution in [1.82, 2.24) is 0 Å². The molecule has 3 nitrogen and oxygen atoms in total. The first kappa shape index (κ1) is 11.9. The number of nitrogens with two attached hydrogens (primary N) is 1. The topological polar surface area (TPSA) is 55.5 Å². The highest BCUT2D eigenvalue weighted by Crippen LogP contribution is 2.37. The molecule has 0 aromatic heterocycles. The maximum absolute atomic E-state index is 9.62. The summed E-state index contributed by atoms with van der Waals surface area (Å²) in [6, 6.07) is 1.47. The molecule has 0 radical (unpaired) electrons. The van der Waals surface area contributed by atoms with Gasteiger partial charge in [-0.15, -0.1) is 0 Å². The molecule has 0 aliphatic rings. The van der Waals surface area contributed by atoms with Crippen LogP contribution < -0.4 is 10.5 Å². The second-order valence-electron chi connectivity index (χ2n) is 3.09. The molecule has 0 saturated heterocycles. The van der Waals surface area contributed by atoms with Gasteiger partial charge in [-0.2, -0.15) is 0 Å². The highest BCUT2D eigenvalue weighted by Gasteiger charge is 2.12. The lowest BCUT2D eigenvalue weighted by atomic mass is 10.1. The number of halogens is 1. The third-order valence-corrected chi connectivity index (χ3v) is 2.52. The maximum atomic E-state index is 9.62. The van der Waals surface area contributed by atoms with E-state index in [9.17, 15) is 5.11 Å². The first-order valence-electron chi connectivity index (χ1n) is 4.54. The van der Waals surface area contributed by atoms with Crippen LogP contribution in [0.5, 0.6) is 11.5 Å². The Labute approximate surface area is 94.1 Å². The summed E-state index contributed by atoms with van der Waals surface area (Å²) < 4.78 is 5.11. The molecule has 0 bridgehead atoms. The highest BCUT2D eigenvalue weighted by atomic mass is 35.5. The fraction of sp³-hybridized carbons (Fsp3) is 0.273. The molecule has 0 spiro atoms. The van der Waals surface area contributed by atoms with E-state index in [1.807, 2.05) is 6.92 Å². The number of ether oxygens (including phenoxy) is 1. The Kier molecular flexibility index (Phi) is 4.00. The minimum atomic E-state index is 0.0322. The molecular formula is C11H14ClNO2. The van der Waals surface area contributed by atoms with Gasteiger partial charge in [0.25, 0.3) is 0 Å². The fourth-order valence-electron chi connectivity index (χ4n) is 1.33. The van der Waals surface area contributed by atoms with Crippen molar-refractivity contribution in [1.29, 1.82) is 0 Å². The second-order valence-corrected chi connectivity index (χ2v) is 3.49. The van der Waals surface area contributed by atoms with Crippen molar-refractivity contribution in [2.75, 3.05) is 13.7 Å². The van der Waals surface area contributed by atoms with Gasteiger partial charge in [-0.25, -0.2) is 0 Å². The molecule has 1 aromatic carbocycles. The first-order valence-corrected chi connectivity index (χ1v) is 4.92. The number of phenols is 1. The monoisotopic (exact) mass is 227 g/mol. The first-order chi connectivity index (χ1) is 7.11. The molecule has 15 heavy (non-hydrogen) atoms.